The van der Waals surface area contributed by atoms with Gasteiger partial charge in [-0.2, -0.15) is 10.1 Å². The average molecular weight is 322 g/mol. The summed E-state index contributed by atoms with van der Waals surface area (Å²) in [6.45, 7) is 1.66. The van der Waals surface area contributed by atoms with Gasteiger partial charge in [0.15, 0.2) is 6.10 Å². The molecule has 2 aliphatic rings. The minimum absolute atomic E-state index is 0.116. The lowest BCUT2D eigenvalue weighted by molar-refractivity contribution is -0.145. The fourth-order valence-electron chi connectivity index (χ4n) is 2.25. The summed E-state index contributed by atoms with van der Waals surface area (Å²) in [5.41, 5.74) is 1.01. The molecule has 1 aromatic rings. The molecular formula is C14H12ClN3O4. The standard InChI is InChI=1S/C14H12ClN3O4/c1-7-4-12(19)18(17-7)13(20)6-11-14(21)16-9-5-8(15)2-3-10(9)22-11/h2-3,5,11H,4,6H2,1H3,(H,16,21). The molecule has 3 amide bonds. The summed E-state index contributed by atoms with van der Waals surface area (Å²) in [7, 11) is 0. The molecule has 8 heteroatoms. The zero-order valence-corrected chi connectivity index (χ0v) is 12.4. The molecule has 0 aliphatic carbocycles. The molecule has 1 atom stereocenters. The number of anilines is 1. The number of imide groups is 1. The van der Waals surface area contributed by atoms with Crippen molar-refractivity contribution in [1.82, 2.24) is 5.01 Å². The number of amides is 3. The molecule has 1 unspecified atom stereocenters. The van der Waals surface area contributed by atoms with Crippen LogP contribution in [-0.4, -0.2) is 34.5 Å². The van der Waals surface area contributed by atoms with Gasteiger partial charge in [0, 0.05) is 10.7 Å². The summed E-state index contributed by atoms with van der Waals surface area (Å²) in [4.78, 5) is 35.7. The van der Waals surface area contributed by atoms with Crippen molar-refractivity contribution >= 4 is 40.7 Å². The lowest BCUT2D eigenvalue weighted by Gasteiger charge is -2.26. The van der Waals surface area contributed by atoms with Crippen molar-refractivity contribution in [2.75, 3.05) is 5.32 Å². The molecule has 0 fully saturated rings. The van der Waals surface area contributed by atoms with Gasteiger partial charge in [-0.15, -0.1) is 0 Å². The number of carbonyl (C=O) groups is 3. The maximum Gasteiger partial charge on any atom is 0.266 e. The number of rotatable bonds is 2. The Morgan fingerprint density at radius 3 is 2.95 bits per heavy atom. The van der Waals surface area contributed by atoms with Gasteiger partial charge in [0.2, 0.25) is 0 Å². The van der Waals surface area contributed by atoms with Crippen molar-refractivity contribution in [3.05, 3.63) is 23.2 Å². The van der Waals surface area contributed by atoms with Crippen LogP contribution >= 0.6 is 11.6 Å². The van der Waals surface area contributed by atoms with Crippen LogP contribution in [0.25, 0.3) is 0 Å². The monoisotopic (exact) mass is 321 g/mol. The van der Waals surface area contributed by atoms with E-state index in [1.165, 1.54) is 0 Å². The second-order valence-corrected chi connectivity index (χ2v) is 5.49. The lowest BCUT2D eigenvalue weighted by atomic mass is 10.1. The van der Waals surface area contributed by atoms with Crippen LogP contribution in [0.15, 0.2) is 23.3 Å². The average Bonchev–Trinajstić information content (AvgIpc) is 2.79. The number of benzene rings is 1. The van der Waals surface area contributed by atoms with Gasteiger partial charge in [0.25, 0.3) is 17.7 Å². The molecule has 0 saturated heterocycles. The van der Waals surface area contributed by atoms with E-state index in [-0.39, 0.29) is 12.8 Å². The van der Waals surface area contributed by atoms with Crippen molar-refractivity contribution in [2.24, 2.45) is 5.10 Å². The van der Waals surface area contributed by atoms with Crippen LogP contribution in [-0.2, 0) is 14.4 Å². The first kappa shape index (κ1) is 14.5. The molecule has 7 nitrogen and oxygen atoms in total. The fraction of sp³-hybridized carbons (Fsp3) is 0.286. The molecule has 0 spiro atoms. The van der Waals surface area contributed by atoms with Crippen LogP contribution < -0.4 is 10.1 Å². The summed E-state index contributed by atoms with van der Waals surface area (Å²) >= 11 is 5.84. The molecule has 1 N–H and O–H groups in total. The van der Waals surface area contributed by atoms with Gasteiger partial charge >= 0.3 is 0 Å². The summed E-state index contributed by atoms with van der Waals surface area (Å²) < 4.78 is 5.51. The van der Waals surface area contributed by atoms with E-state index in [2.05, 4.69) is 10.4 Å². The van der Waals surface area contributed by atoms with Gasteiger partial charge in [0.05, 0.1) is 18.5 Å². The van der Waals surface area contributed by atoms with Crippen molar-refractivity contribution in [1.29, 1.82) is 0 Å². The molecule has 0 bridgehead atoms. The number of hydrogen-bond acceptors (Lipinski definition) is 5. The fourth-order valence-corrected chi connectivity index (χ4v) is 2.42. The highest BCUT2D eigenvalue weighted by Gasteiger charge is 2.34. The van der Waals surface area contributed by atoms with Gasteiger partial charge in [-0.3, -0.25) is 14.4 Å². The minimum atomic E-state index is -1.01. The number of ether oxygens (including phenoxy) is 1. The van der Waals surface area contributed by atoms with E-state index >= 15 is 0 Å². The highest BCUT2D eigenvalue weighted by Crippen LogP contribution is 2.32. The molecule has 0 radical (unpaired) electrons. The molecular weight excluding hydrogens is 310 g/mol. The number of carbonyl (C=O) groups excluding carboxylic acids is 3. The Bertz CT molecular complexity index is 716. The molecule has 2 aliphatic heterocycles. The summed E-state index contributed by atoms with van der Waals surface area (Å²) in [5.74, 6) is -1.00. The molecule has 0 aromatic heterocycles. The number of fused-ring (bicyclic) bond motifs is 1. The van der Waals surface area contributed by atoms with E-state index < -0.39 is 23.8 Å². The van der Waals surface area contributed by atoms with Gasteiger partial charge in [0.1, 0.15) is 5.75 Å². The third kappa shape index (κ3) is 2.67. The van der Waals surface area contributed by atoms with Crippen LogP contribution in [0, 0.1) is 0 Å². The van der Waals surface area contributed by atoms with E-state index in [9.17, 15) is 14.4 Å². The minimum Gasteiger partial charge on any atom is -0.478 e. The Labute approximate surface area is 130 Å². The lowest BCUT2D eigenvalue weighted by Crippen LogP contribution is -2.41. The topological polar surface area (TPSA) is 88.1 Å². The molecule has 22 heavy (non-hydrogen) atoms. The van der Waals surface area contributed by atoms with E-state index in [1.54, 1.807) is 25.1 Å². The first-order valence-corrected chi connectivity index (χ1v) is 6.99. The van der Waals surface area contributed by atoms with Crippen molar-refractivity contribution in [2.45, 2.75) is 25.9 Å². The summed E-state index contributed by atoms with van der Waals surface area (Å²) in [6, 6.07) is 4.79. The van der Waals surface area contributed by atoms with E-state index in [0.29, 0.717) is 22.2 Å². The highest BCUT2D eigenvalue weighted by atomic mass is 35.5. The quantitative estimate of drug-likeness (QED) is 0.895. The second kappa shape index (κ2) is 5.42. The molecule has 3 rings (SSSR count). The SMILES string of the molecule is CC1=NN(C(=O)CC2Oc3ccc(Cl)cc3NC2=O)C(=O)C1. The van der Waals surface area contributed by atoms with E-state index in [0.717, 1.165) is 5.01 Å². The normalized spacial score (nSPS) is 20.2. The zero-order chi connectivity index (χ0) is 15.9. The number of nitrogens with zero attached hydrogens (tertiary/aromatic N) is 2. The molecule has 114 valence electrons. The molecule has 1 aromatic carbocycles. The van der Waals surface area contributed by atoms with Gasteiger partial charge < -0.3 is 10.1 Å². The van der Waals surface area contributed by atoms with Crippen molar-refractivity contribution in [3.8, 4) is 5.75 Å². The predicted molar refractivity (Wildman–Crippen MR) is 78.7 cm³/mol. The molecule has 2 heterocycles. The summed E-state index contributed by atoms with van der Waals surface area (Å²) in [6.07, 6.45) is -1.16. The number of hydrazone groups is 1. The Morgan fingerprint density at radius 1 is 1.50 bits per heavy atom. The number of halogens is 1. The van der Waals surface area contributed by atoms with Crippen LogP contribution in [0.5, 0.6) is 5.75 Å². The van der Waals surface area contributed by atoms with Gasteiger partial charge in [-0.1, -0.05) is 11.6 Å². The Balaban J connectivity index is 1.74. The number of nitrogens with one attached hydrogen (secondary N) is 1. The largest absolute Gasteiger partial charge is 0.478 e. The van der Waals surface area contributed by atoms with Crippen LogP contribution in [0.4, 0.5) is 5.69 Å². The van der Waals surface area contributed by atoms with Crippen LogP contribution in [0.2, 0.25) is 5.02 Å². The second-order valence-electron chi connectivity index (χ2n) is 5.05. The van der Waals surface area contributed by atoms with Gasteiger partial charge in [-0.25, -0.2) is 0 Å². The Kier molecular flexibility index (Phi) is 3.58. The number of hydrogen-bond donors (Lipinski definition) is 1. The van der Waals surface area contributed by atoms with E-state index in [1.807, 2.05) is 0 Å². The molecule has 0 saturated carbocycles. The predicted octanol–water partition coefficient (Wildman–Crippen LogP) is 1.56. The third-order valence-corrected chi connectivity index (χ3v) is 3.51. The van der Waals surface area contributed by atoms with Crippen LogP contribution in [0.3, 0.4) is 0 Å². The third-order valence-electron chi connectivity index (χ3n) is 3.27. The van der Waals surface area contributed by atoms with Crippen molar-refractivity contribution in [3.63, 3.8) is 0 Å². The van der Waals surface area contributed by atoms with Gasteiger partial charge in [-0.05, 0) is 25.1 Å². The maximum atomic E-state index is 12.1. The smallest absolute Gasteiger partial charge is 0.266 e. The van der Waals surface area contributed by atoms with Crippen molar-refractivity contribution < 1.29 is 19.1 Å². The highest BCUT2D eigenvalue weighted by molar-refractivity contribution is 6.31. The Morgan fingerprint density at radius 2 is 2.27 bits per heavy atom. The first-order valence-electron chi connectivity index (χ1n) is 6.61. The zero-order valence-electron chi connectivity index (χ0n) is 11.6. The van der Waals surface area contributed by atoms with E-state index in [4.69, 9.17) is 16.3 Å². The Hall–Kier alpha value is -2.41. The summed E-state index contributed by atoms with van der Waals surface area (Å²) in [5, 5.41) is 7.75. The van der Waals surface area contributed by atoms with Crippen LogP contribution in [0.1, 0.15) is 19.8 Å². The first-order chi connectivity index (χ1) is 10.4. The maximum absolute atomic E-state index is 12.1.